The van der Waals surface area contributed by atoms with Gasteiger partial charge in [0.25, 0.3) is 0 Å². The Morgan fingerprint density at radius 1 is 1.12 bits per heavy atom. The van der Waals surface area contributed by atoms with Crippen molar-refractivity contribution in [2.24, 2.45) is 0 Å². The zero-order valence-corrected chi connectivity index (χ0v) is 14.4. The average Bonchev–Trinajstić information content (AvgIpc) is 3.11. The highest BCUT2D eigenvalue weighted by molar-refractivity contribution is 5.92. The summed E-state index contributed by atoms with van der Waals surface area (Å²) in [5, 5.41) is 7.07. The second-order valence-electron chi connectivity index (χ2n) is 5.65. The Bertz CT molecular complexity index is 903. The number of nitrogens with one attached hydrogen (secondary N) is 1. The second kappa shape index (κ2) is 8.11. The van der Waals surface area contributed by atoms with E-state index >= 15 is 0 Å². The molecule has 132 valence electrons. The third-order valence-corrected chi connectivity index (χ3v) is 3.70. The molecule has 26 heavy (non-hydrogen) atoms. The number of ether oxygens (including phenoxy) is 1. The number of amides is 1. The summed E-state index contributed by atoms with van der Waals surface area (Å²) in [6.45, 7) is 2.09. The van der Waals surface area contributed by atoms with Gasteiger partial charge in [-0.1, -0.05) is 36.4 Å². The van der Waals surface area contributed by atoms with Gasteiger partial charge in [-0.15, -0.1) is 0 Å². The molecule has 0 fully saturated rings. The Morgan fingerprint density at radius 3 is 2.69 bits per heavy atom. The van der Waals surface area contributed by atoms with Crippen molar-refractivity contribution in [2.75, 3.05) is 11.9 Å². The van der Waals surface area contributed by atoms with Crippen molar-refractivity contribution >= 4 is 17.6 Å². The minimum atomic E-state index is -0.377. The first kappa shape index (κ1) is 17.4. The lowest BCUT2D eigenvalue weighted by Gasteiger charge is -2.05. The normalized spacial score (nSPS) is 10.3. The summed E-state index contributed by atoms with van der Waals surface area (Å²) in [6.07, 6.45) is 3.57. The fourth-order valence-electron chi connectivity index (χ4n) is 2.50. The minimum absolute atomic E-state index is 0.115. The summed E-state index contributed by atoms with van der Waals surface area (Å²) < 4.78 is 6.61. The van der Waals surface area contributed by atoms with Gasteiger partial charge in [-0.25, -0.2) is 9.48 Å². The molecule has 6 heteroatoms. The van der Waals surface area contributed by atoms with Gasteiger partial charge in [-0.2, -0.15) is 5.10 Å². The minimum Gasteiger partial charge on any atom is -0.462 e. The zero-order chi connectivity index (χ0) is 18.4. The van der Waals surface area contributed by atoms with Crippen LogP contribution in [0.1, 0.15) is 22.8 Å². The number of aromatic nitrogens is 2. The molecule has 3 rings (SSSR count). The van der Waals surface area contributed by atoms with Gasteiger partial charge in [0.2, 0.25) is 5.91 Å². The Balaban J connectivity index is 1.69. The molecule has 6 nitrogen and oxygen atoms in total. The fourth-order valence-corrected chi connectivity index (χ4v) is 2.50. The largest absolute Gasteiger partial charge is 0.462 e. The molecule has 0 bridgehead atoms. The van der Waals surface area contributed by atoms with Crippen LogP contribution in [-0.4, -0.2) is 28.3 Å². The van der Waals surface area contributed by atoms with E-state index in [1.807, 2.05) is 36.4 Å². The van der Waals surface area contributed by atoms with Crippen LogP contribution >= 0.6 is 0 Å². The van der Waals surface area contributed by atoms with E-state index in [4.69, 9.17) is 4.74 Å². The van der Waals surface area contributed by atoms with E-state index in [1.54, 1.807) is 42.2 Å². The summed E-state index contributed by atoms with van der Waals surface area (Å²) in [7, 11) is 0. The van der Waals surface area contributed by atoms with Gasteiger partial charge < -0.3 is 10.1 Å². The smallest absolute Gasteiger partial charge is 0.338 e. The molecule has 1 N–H and O–H groups in total. The Morgan fingerprint density at radius 2 is 1.92 bits per heavy atom. The number of nitrogens with zero attached hydrogens (tertiary/aromatic N) is 2. The summed E-state index contributed by atoms with van der Waals surface area (Å²) in [5.74, 6) is -0.492. The number of hydrogen-bond donors (Lipinski definition) is 1. The zero-order valence-electron chi connectivity index (χ0n) is 14.4. The van der Waals surface area contributed by atoms with Gasteiger partial charge in [0.05, 0.1) is 42.4 Å². The topological polar surface area (TPSA) is 73.2 Å². The maximum absolute atomic E-state index is 12.1. The number of anilines is 1. The van der Waals surface area contributed by atoms with Crippen LogP contribution in [0, 0.1) is 0 Å². The molecule has 2 aromatic carbocycles. The lowest BCUT2D eigenvalue weighted by atomic mass is 10.1. The molecule has 0 aliphatic carbocycles. The maximum atomic E-state index is 12.1. The maximum Gasteiger partial charge on any atom is 0.338 e. The van der Waals surface area contributed by atoms with Crippen molar-refractivity contribution in [3.8, 4) is 5.69 Å². The number of hydrogen-bond acceptors (Lipinski definition) is 4. The highest BCUT2D eigenvalue weighted by Gasteiger charge is 2.10. The molecule has 0 unspecified atom stereocenters. The van der Waals surface area contributed by atoms with E-state index < -0.39 is 0 Å². The monoisotopic (exact) mass is 349 g/mol. The third-order valence-electron chi connectivity index (χ3n) is 3.70. The first-order valence-corrected chi connectivity index (χ1v) is 8.31. The molecule has 0 radical (unpaired) electrons. The molecule has 1 aromatic heterocycles. The van der Waals surface area contributed by atoms with Crippen LogP contribution < -0.4 is 5.32 Å². The van der Waals surface area contributed by atoms with Crippen LogP contribution in [0.25, 0.3) is 5.69 Å². The van der Waals surface area contributed by atoms with Crippen LogP contribution in [0.3, 0.4) is 0 Å². The van der Waals surface area contributed by atoms with Gasteiger partial charge in [0.1, 0.15) is 0 Å². The van der Waals surface area contributed by atoms with E-state index in [-0.39, 0.29) is 11.9 Å². The SMILES string of the molecule is CCOC(=O)c1cccc(-n2cc(NC(=O)Cc3ccccc3)cn2)c1. The second-order valence-corrected chi connectivity index (χ2v) is 5.65. The molecule has 1 heterocycles. The number of carbonyl (C=O) groups is 2. The van der Waals surface area contributed by atoms with E-state index in [1.165, 1.54) is 0 Å². The molecule has 0 aliphatic heterocycles. The van der Waals surface area contributed by atoms with Gasteiger partial charge in [0.15, 0.2) is 0 Å². The first-order valence-electron chi connectivity index (χ1n) is 8.31. The number of benzene rings is 2. The van der Waals surface area contributed by atoms with Crippen molar-refractivity contribution in [1.82, 2.24) is 9.78 Å². The van der Waals surface area contributed by atoms with E-state index in [0.717, 1.165) is 5.56 Å². The lowest BCUT2D eigenvalue weighted by Crippen LogP contribution is -2.13. The Hall–Kier alpha value is -3.41. The molecule has 0 saturated heterocycles. The van der Waals surface area contributed by atoms with Crippen molar-refractivity contribution in [2.45, 2.75) is 13.3 Å². The highest BCUT2D eigenvalue weighted by atomic mass is 16.5. The van der Waals surface area contributed by atoms with E-state index in [0.29, 0.717) is 30.0 Å². The lowest BCUT2D eigenvalue weighted by molar-refractivity contribution is -0.115. The summed E-state index contributed by atoms with van der Waals surface area (Å²) in [6, 6.07) is 16.5. The van der Waals surface area contributed by atoms with Gasteiger partial charge >= 0.3 is 5.97 Å². The summed E-state index contributed by atoms with van der Waals surface area (Å²) in [5.41, 5.74) is 2.70. The van der Waals surface area contributed by atoms with Crippen molar-refractivity contribution < 1.29 is 14.3 Å². The average molecular weight is 349 g/mol. The Kier molecular flexibility index (Phi) is 5.43. The van der Waals surface area contributed by atoms with Crippen molar-refractivity contribution in [1.29, 1.82) is 0 Å². The molecule has 1 amide bonds. The first-order chi connectivity index (χ1) is 12.7. The van der Waals surface area contributed by atoms with Crippen molar-refractivity contribution in [3.63, 3.8) is 0 Å². The predicted octanol–water partition coefficient (Wildman–Crippen LogP) is 3.23. The quantitative estimate of drug-likeness (QED) is 0.694. The molecule has 0 atom stereocenters. The van der Waals surface area contributed by atoms with Gasteiger partial charge in [-0.05, 0) is 30.7 Å². The number of carbonyl (C=O) groups excluding carboxylic acids is 2. The molecule has 3 aromatic rings. The van der Waals surface area contributed by atoms with Crippen LogP contribution in [0.15, 0.2) is 67.0 Å². The van der Waals surface area contributed by atoms with E-state index in [9.17, 15) is 9.59 Å². The number of esters is 1. The molecule has 0 aliphatic rings. The highest BCUT2D eigenvalue weighted by Crippen LogP contribution is 2.14. The number of rotatable bonds is 6. The van der Waals surface area contributed by atoms with Crippen LogP contribution in [0.4, 0.5) is 5.69 Å². The standard InChI is InChI=1S/C20H19N3O3/c1-2-26-20(25)16-9-6-10-18(12-16)23-14-17(13-21-23)22-19(24)11-15-7-4-3-5-8-15/h3-10,12-14H,2,11H2,1H3,(H,22,24). The molecule has 0 spiro atoms. The van der Waals surface area contributed by atoms with Crippen LogP contribution in [0.2, 0.25) is 0 Å². The van der Waals surface area contributed by atoms with Gasteiger partial charge in [0, 0.05) is 0 Å². The van der Waals surface area contributed by atoms with Crippen molar-refractivity contribution in [3.05, 3.63) is 78.1 Å². The summed E-state index contributed by atoms with van der Waals surface area (Å²) >= 11 is 0. The molecular formula is C20H19N3O3. The van der Waals surface area contributed by atoms with Crippen LogP contribution in [-0.2, 0) is 16.0 Å². The Labute approximate surface area is 151 Å². The molecular weight excluding hydrogens is 330 g/mol. The predicted molar refractivity (Wildman–Crippen MR) is 98.3 cm³/mol. The van der Waals surface area contributed by atoms with E-state index in [2.05, 4.69) is 10.4 Å². The fraction of sp³-hybridized carbons (Fsp3) is 0.150. The third kappa shape index (κ3) is 4.36. The van der Waals surface area contributed by atoms with Gasteiger partial charge in [-0.3, -0.25) is 4.79 Å². The van der Waals surface area contributed by atoms with Crippen LogP contribution in [0.5, 0.6) is 0 Å². The summed E-state index contributed by atoms with van der Waals surface area (Å²) in [4.78, 5) is 24.0. The molecule has 0 saturated carbocycles.